The zero-order valence-corrected chi connectivity index (χ0v) is 12.6. The number of thiophene rings is 1. The first-order valence-electron chi connectivity index (χ1n) is 6.47. The molecule has 1 aromatic carbocycles. The third kappa shape index (κ3) is 5.36. The summed E-state index contributed by atoms with van der Waals surface area (Å²) in [6, 6.07) is 9.03. The van der Waals surface area contributed by atoms with Crippen molar-refractivity contribution >= 4 is 40.7 Å². The third-order valence-electron chi connectivity index (χ3n) is 2.63. The highest BCUT2D eigenvalue weighted by Crippen LogP contribution is 2.15. The second-order valence-corrected chi connectivity index (χ2v) is 5.29. The molecule has 0 unspecified atom stereocenters. The molecule has 7 nitrogen and oxygen atoms in total. The number of nitrogens with zero attached hydrogens (tertiary/aromatic N) is 1. The summed E-state index contributed by atoms with van der Waals surface area (Å²) in [6.07, 6.45) is 2.84. The van der Waals surface area contributed by atoms with Crippen molar-refractivity contribution in [1.82, 2.24) is 0 Å². The van der Waals surface area contributed by atoms with Gasteiger partial charge in [0.25, 0.3) is 11.6 Å². The minimum atomic E-state index is -0.628. The third-order valence-corrected chi connectivity index (χ3v) is 3.47. The van der Waals surface area contributed by atoms with Crippen LogP contribution in [0.5, 0.6) is 0 Å². The quantitative estimate of drug-likeness (QED) is 0.379. The summed E-state index contributed by atoms with van der Waals surface area (Å²) in [6.45, 7) is -0.440. The van der Waals surface area contributed by atoms with Crippen LogP contribution in [0.2, 0.25) is 0 Å². The molecule has 0 radical (unpaired) electrons. The maximum atomic E-state index is 11.6. The van der Waals surface area contributed by atoms with Gasteiger partial charge in [0.2, 0.25) is 0 Å². The van der Waals surface area contributed by atoms with Crippen LogP contribution < -0.4 is 5.32 Å². The fourth-order valence-corrected chi connectivity index (χ4v) is 2.20. The average Bonchev–Trinajstić information content (AvgIpc) is 3.05. The summed E-state index contributed by atoms with van der Waals surface area (Å²) < 4.78 is 4.79. The Kier molecular flexibility index (Phi) is 5.59. The van der Waals surface area contributed by atoms with Crippen LogP contribution in [0, 0.1) is 10.1 Å². The fraction of sp³-hybridized carbons (Fsp3) is 0.0667. The van der Waals surface area contributed by atoms with E-state index in [1.807, 2.05) is 17.5 Å². The van der Waals surface area contributed by atoms with Crippen molar-refractivity contribution in [2.45, 2.75) is 0 Å². The maximum absolute atomic E-state index is 11.6. The standard InChI is InChI=1S/C15H12N2O5S/c18-14(16-11-3-5-12(6-4-11)17(20)21)10-22-15(19)8-7-13-2-1-9-23-13/h1-9H,10H2,(H,16,18). The van der Waals surface area contributed by atoms with Crippen molar-refractivity contribution < 1.29 is 19.2 Å². The van der Waals surface area contributed by atoms with Gasteiger partial charge in [0.05, 0.1) is 4.92 Å². The first-order valence-corrected chi connectivity index (χ1v) is 7.35. The van der Waals surface area contributed by atoms with Crippen LogP contribution in [-0.2, 0) is 14.3 Å². The van der Waals surface area contributed by atoms with E-state index < -0.39 is 23.4 Å². The number of ether oxygens (including phenoxy) is 1. The molecule has 0 aliphatic heterocycles. The van der Waals surface area contributed by atoms with E-state index in [0.717, 1.165) is 4.88 Å². The Labute approximate surface area is 135 Å². The van der Waals surface area contributed by atoms with Crippen molar-refractivity contribution in [2.24, 2.45) is 0 Å². The van der Waals surface area contributed by atoms with Crippen molar-refractivity contribution in [2.75, 3.05) is 11.9 Å². The van der Waals surface area contributed by atoms with E-state index in [1.165, 1.54) is 41.7 Å². The van der Waals surface area contributed by atoms with Crippen molar-refractivity contribution in [3.63, 3.8) is 0 Å². The molecule has 0 fully saturated rings. The predicted molar refractivity (Wildman–Crippen MR) is 86.0 cm³/mol. The number of carbonyl (C=O) groups is 2. The van der Waals surface area contributed by atoms with Gasteiger partial charge < -0.3 is 10.1 Å². The number of hydrogen-bond acceptors (Lipinski definition) is 6. The molecule has 118 valence electrons. The van der Waals surface area contributed by atoms with Gasteiger partial charge in [-0.25, -0.2) is 4.79 Å². The number of hydrogen-bond donors (Lipinski definition) is 1. The maximum Gasteiger partial charge on any atom is 0.331 e. The molecule has 0 aliphatic carbocycles. The highest BCUT2D eigenvalue weighted by atomic mass is 32.1. The molecule has 1 N–H and O–H groups in total. The summed E-state index contributed by atoms with van der Waals surface area (Å²) in [5, 5.41) is 14.9. The van der Waals surface area contributed by atoms with Gasteiger partial charge in [-0.3, -0.25) is 14.9 Å². The van der Waals surface area contributed by atoms with Crippen LogP contribution in [-0.4, -0.2) is 23.4 Å². The number of benzene rings is 1. The van der Waals surface area contributed by atoms with E-state index in [9.17, 15) is 19.7 Å². The van der Waals surface area contributed by atoms with Gasteiger partial charge in [0.1, 0.15) is 0 Å². The summed E-state index contributed by atoms with van der Waals surface area (Å²) in [4.78, 5) is 34.0. The lowest BCUT2D eigenvalue weighted by Gasteiger charge is -2.05. The number of amides is 1. The zero-order chi connectivity index (χ0) is 16.7. The van der Waals surface area contributed by atoms with Gasteiger partial charge in [-0.2, -0.15) is 0 Å². The van der Waals surface area contributed by atoms with E-state index in [2.05, 4.69) is 5.32 Å². The fourth-order valence-electron chi connectivity index (χ4n) is 1.58. The van der Waals surface area contributed by atoms with Crippen LogP contribution in [0.25, 0.3) is 6.08 Å². The van der Waals surface area contributed by atoms with Crippen LogP contribution in [0.15, 0.2) is 47.9 Å². The van der Waals surface area contributed by atoms with Crippen molar-refractivity contribution in [1.29, 1.82) is 0 Å². The van der Waals surface area contributed by atoms with Gasteiger partial charge in [-0.05, 0) is 29.7 Å². The second-order valence-electron chi connectivity index (χ2n) is 4.31. The Balaban J connectivity index is 1.78. The highest BCUT2D eigenvalue weighted by Gasteiger charge is 2.08. The minimum Gasteiger partial charge on any atom is -0.452 e. The van der Waals surface area contributed by atoms with E-state index in [0.29, 0.717) is 5.69 Å². The lowest BCUT2D eigenvalue weighted by Crippen LogP contribution is -2.20. The summed E-state index contributed by atoms with van der Waals surface area (Å²) in [7, 11) is 0. The van der Waals surface area contributed by atoms with Gasteiger partial charge in [-0.1, -0.05) is 6.07 Å². The molecular weight excluding hydrogens is 320 g/mol. The number of non-ortho nitro benzene ring substituents is 1. The van der Waals surface area contributed by atoms with Gasteiger partial charge in [0, 0.05) is 28.8 Å². The SMILES string of the molecule is O=C(COC(=O)C=Cc1cccs1)Nc1ccc([N+](=O)[O-])cc1. The topological polar surface area (TPSA) is 98.5 Å². The Morgan fingerprint density at radius 3 is 2.61 bits per heavy atom. The molecule has 0 bridgehead atoms. The largest absolute Gasteiger partial charge is 0.452 e. The molecule has 23 heavy (non-hydrogen) atoms. The average molecular weight is 332 g/mol. The molecule has 2 aromatic rings. The lowest BCUT2D eigenvalue weighted by molar-refractivity contribution is -0.384. The number of nitro groups is 1. The molecule has 0 aliphatic rings. The van der Waals surface area contributed by atoms with Gasteiger partial charge >= 0.3 is 5.97 Å². The van der Waals surface area contributed by atoms with Gasteiger partial charge in [0.15, 0.2) is 6.61 Å². The number of anilines is 1. The van der Waals surface area contributed by atoms with Crippen LogP contribution in [0.1, 0.15) is 4.88 Å². The Bertz CT molecular complexity index is 723. The molecule has 1 amide bonds. The van der Waals surface area contributed by atoms with Crippen LogP contribution >= 0.6 is 11.3 Å². The van der Waals surface area contributed by atoms with E-state index >= 15 is 0 Å². The lowest BCUT2D eigenvalue weighted by atomic mass is 10.3. The Hall–Kier alpha value is -3.00. The number of nitrogens with one attached hydrogen (secondary N) is 1. The number of esters is 1. The molecular formula is C15H12N2O5S. The van der Waals surface area contributed by atoms with Crippen LogP contribution in [0.3, 0.4) is 0 Å². The van der Waals surface area contributed by atoms with Gasteiger partial charge in [-0.15, -0.1) is 11.3 Å². The van der Waals surface area contributed by atoms with E-state index in [4.69, 9.17) is 4.74 Å². The molecule has 8 heteroatoms. The number of nitro benzene ring substituents is 1. The molecule has 0 saturated heterocycles. The first kappa shape index (κ1) is 16.4. The molecule has 0 spiro atoms. The monoisotopic (exact) mass is 332 g/mol. The van der Waals surface area contributed by atoms with Crippen LogP contribution in [0.4, 0.5) is 11.4 Å². The predicted octanol–water partition coefficient (Wildman–Crippen LogP) is 2.85. The summed E-state index contributed by atoms with van der Waals surface area (Å²) in [5.74, 6) is -1.16. The highest BCUT2D eigenvalue weighted by molar-refractivity contribution is 7.10. The molecule has 0 saturated carbocycles. The normalized spacial score (nSPS) is 10.4. The van der Waals surface area contributed by atoms with Crippen molar-refractivity contribution in [3.05, 3.63) is 62.8 Å². The second kappa shape index (κ2) is 7.85. The molecule has 0 atom stereocenters. The van der Waals surface area contributed by atoms with E-state index in [1.54, 1.807) is 6.08 Å². The van der Waals surface area contributed by atoms with Crippen molar-refractivity contribution in [3.8, 4) is 0 Å². The zero-order valence-electron chi connectivity index (χ0n) is 11.8. The van der Waals surface area contributed by atoms with E-state index in [-0.39, 0.29) is 5.69 Å². The number of carbonyl (C=O) groups excluding carboxylic acids is 2. The molecule has 1 heterocycles. The molecule has 1 aromatic heterocycles. The minimum absolute atomic E-state index is 0.0758. The summed E-state index contributed by atoms with van der Waals surface area (Å²) >= 11 is 1.47. The summed E-state index contributed by atoms with van der Waals surface area (Å²) in [5.41, 5.74) is 0.305. The smallest absolute Gasteiger partial charge is 0.331 e. The Morgan fingerprint density at radius 2 is 2.00 bits per heavy atom. The number of rotatable bonds is 6. The Morgan fingerprint density at radius 1 is 1.26 bits per heavy atom. The molecule has 2 rings (SSSR count). The first-order chi connectivity index (χ1) is 11.0.